The summed E-state index contributed by atoms with van der Waals surface area (Å²) in [5, 5.41) is 9.72. The first-order valence-electron chi connectivity index (χ1n) is 11.3. The molecule has 0 fully saturated rings. The molecule has 0 saturated carbocycles. The summed E-state index contributed by atoms with van der Waals surface area (Å²) in [6.45, 7) is 2.84. The minimum Gasteiger partial charge on any atom is -0.311 e. The third-order valence-electron chi connectivity index (χ3n) is 5.93. The highest BCUT2D eigenvalue weighted by atomic mass is 32.2. The number of carbonyl (C=O) groups excluding carboxylic acids is 1. The highest BCUT2D eigenvalue weighted by Crippen LogP contribution is 2.29. The lowest BCUT2D eigenvalue weighted by Crippen LogP contribution is -2.36. The summed E-state index contributed by atoms with van der Waals surface area (Å²) < 4.78 is 2.08. The molecule has 1 aliphatic rings. The van der Waals surface area contributed by atoms with E-state index in [1.54, 1.807) is 0 Å². The Kier molecular flexibility index (Phi) is 6.26. The van der Waals surface area contributed by atoms with Gasteiger partial charge in [-0.15, -0.1) is 10.2 Å². The van der Waals surface area contributed by atoms with E-state index in [1.807, 2.05) is 41.3 Å². The first kappa shape index (κ1) is 21.5. The van der Waals surface area contributed by atoms with Crippen LogP contribution in [0.4, 0.5) is 5.69 Å². The Labute approximate surface area is 198 Å². The van der Waals surface area contributed by atoms with Crippen molar-refractivity contribution in [2.24, 2.45) is 0 Å². The van der Waals surface area contributed by atoms with Crippen LogP contribution in [0.25, 0.3) is 5.69 Å². The Morgan fingerprint density at radius 3 is 2.52 bits per heavy atom. The molecule has 0 N–H and O–H groups in total. The molecule has 166 valence electrons. The van der Waals surface area contributed by atoms with Crippen LogP contribution in [-0.2, 0) is 17.6 Å². The Hall–Kier alpha value is -3.38. The van der Waals surface area contributed by atoms with Crippen LogP contribution >= 0.6 is 11.8 Å². The van der Waals surface area contributed by atoms with Crippen molar-refractivity contribution in [2.75, 3.05) is 17.2 Å². The number of rotatable bonds is 6. The van der Waals surface area contributed by atoms with Gasteiger partial charge in [0.2, 0.25) is 5.91 Å². The van der Waals surface area contributed by atoms with Gasteiger partial charge in [-0.2, -0.15) is 0 Å². The van der Waals surface area contributed by atoms with Crippen molar-refractivity contribution in [3.63, 3.8) is 0 Å². The number of anilines is 1. The molecule has 1 aliphatic heterocycles. The first-order valence-corrected chi connectivity index (χ1v) is 12.2. The Bertz CT molecular complexity index is 1250. The molecule has 0 atom stereocenters. The maximum Gasteiger partial charge on any atom is 0.237 e. The molecule has 0 unspecified atom stereocenters. The van der Waals surface area contributed by atoms with Crippen LogP contribution in [0, 0.1) is 6.92 Å². The molecule has 1 amide bonds. The number of aryl methyl sites for hydroxylation is 2. The largest absolute Gasteiger partial charge is 0.311 e. The molecule has 0 bridgehead atoms. The summed E-state index contributed by atoms with van der Waals surface area (Å²) in [6.07, 6.45) is 2.70. The Morgan fingerprint density at radius 2 is 1.70 bits per heavy atom. The van der Waals surface area contributed by atoms with Crippen LogP contribution in [0.3, 0.4) is 0 Å². The van der Waals surface area contributed by atoms with Gasteiger partial charge in [0.25, 0.3) is 0 Å². The van der Waals surface area contributed by atoms with Crippen molar-refractivity contribution in [1.82, 2.24) is 14.8 Å². The highest BCUT2D eigenvalue weighted by molar-refractivity contribution is 7.99. The third-order valence-corrected chi connectivity index (χ3v) is 6.85. The van der Waals surface area contributed by atoms with E-state index in [0.29, 0.717) is 12.2 Å². The van der Waals surface area contributed by atoms with Crippen LogP contribution in [0.5, 0.6) is 0 Å². The average molecular weight is 455 g/mol. The molecule has 6 heteroatoms. The number of aromatic nitrogens is 3. The van der Waals surface area contributed by atoms with Crippen molar-refractivity contribution in [1.29, 1.82) is 0 Å². The Balaban J connectivity index is 1.40. The number of hydrogen-bond donors (Lipinski definition) is 0. The smallest absolute Gasteiger partial charge is 0.237 e. The monoisotopic (exact) mass is 454 g/mol. The van der Waals surface area contributed by atoms with Gasteiger partial charge in [-0.1, -0.05) is 78.0 Å². The molecule has 3 aromatic carbocycles. The normalized spacial score (nSPS) is 13.1. The van der Waals surface area contributed by atoms with Crippen LogP contribution in [0.15, 0.2) is 84.0 Å². The predicted molar refractivity (Wildman–Crippen MR) is 133 cm³/mol. The zero-order valence-electron chi connectivity index (χ0n) is 18.6. The van der Waals surface area contributed by atoms with Gasteiger partial charge in [0, 0.05) is 24.3 Å². The van der Waals surface area contributed by atoms with Gasteiger partial charge in [-0.05, 0) is 49.1 Å². The van der Waals surface area contributed by atoms with Gasteiger partial charge in [-0.25, -0.2) is 0 Å². The van der Waals surface area contributed by atoms with E-state index >= 15 is 0 Å². The number of amides is 1. The second kappa shape index (κ2) is 9.63. The SMILES string of the molecule is Cc1ccc(-n2c(Cc3ccccc3)nnc2SCC(=O)N2CCCc3ccccc32)cc1. The quantitative estimate of drug-likeness (QED) is 0.374. The molecule has 33 heavy (non-hydrogen) atoms. The van der Waals surface area contributed by atoms with Crippen LogP contribution in [0.2, 0.25) is 0 Å². The third kappa shape index (κ3) is 4.71. The summed E-state index contributed by atoms with van der Waals surface area (Å²) in [7, 11) is 0. The van der Waals surface area contributed by atoms with Gasteiger partial charge >= 0.3 is 0 Å². The van der Waals surface area contributed by atoms with Crippen LogP contribution < -0.4 is 4.90 Å². The molecule has 0 aliphatic carbocycles. The topological polar surface area (TPSA) is 51.0 Å². The van der Waals surface area contributed by atoms with Crippen molar-refractivity contribution < 1.29 is 4.79 Å². The minimum atomic E-state index is 0.107. The molecule has 0 saturated heterocycles. The average Bonchev–Trinajstić information content (AvgIpc) is 3.25. The molecular weight excluding hydrogens is 428 g/mol. The van der Waals surface area contributed by atoms with Crippen molar-refractivity contribution in [3.05, 3.63) is 101 Å². The molecule has 1 aromatic heterocycles. The molecule has 5 rings (SSSR count). The van der Waals surface area contributed by atoms with E-state index in [9.17, 15) is 4.79 Å². The highest BCUT2D eigenvalue weighted by Gasteiger charge is 2.23. The lowest BCUT2D eigenvalue weighted by atomic mass is 10.0. The van der Waals surface area contributed by atoms with E-state index in [2.05, 4.69) is 64.2 Å². The second-order valence-electron chi connectivity index (χ2n) is 8.30. The zero-order valence-corrected chi connectivity index (χ0v) is 19.5. The Morgan fingerprint density at radius 1 is 0.939 bits per heavy atom. The molecule has 0 radical (unpaired) electrons. The van der Waals surface area contributed by atoms with E-state index < -0.39 is 0 Å². The molecular formula is C27H26N4OS. The number of thioether (sulfide) groups is 1. The number of para-hydroxylation sites is 1. The number of fused-ring (bicyclic) bond motifs is 1. The van der Waals surface area contributed by atoms with Gasteiger partial charge in [-0.3, -0.25) is 9.36 Å². The minimum absolute atomic E-state index is 0.107. The van der Waals surface area contributed by atoms with E-state index in [-0.39, 0.29) is 5.91 Å². The van der Waals surface area contributed by atoms with E-state index in [1.165, 1.54) is 28.5 Å². The van der Waals surface area contributed by atoms with Gasteiger partial charge in [0.1, 0.15) is 5.82 Å². The summed E-state index contributed by atoms with van der Waals surface area (Å²) in [5.74, 6) is 1.29. The van der Waals surface area contributed by atoms with Gasteiger partial charge in [0.05, 0.1) is 5.75 Å². The van der Waals surface area contributed by atoms with Crippen molar-refractivity contribution in [2.45, 2.75) is 31.3 Å². The molecule has 2 heterocycles. The van der Waals surface area contributed by atoms with Crippen molar-refractivity contribution in [3.8, 4) is 5.69 Å². The van der Waals surface area contributed by atoms with Crippen LogP contribution in [-0.4, -0.2) is 33.0 Å². The fraction of sp³-hybridized carbons (Fsp3) is 0.222. The molecule has 5 nitrogen and oxygen atoms in total. The maximum atomic E-state index is 13.2. The summed E-state index contributed by atoms with van der Waals surface area (Å²) in [6, 6.07) is 26.8. The van der Waals surface area contributed by atoms with E-state index in [4.69, 9.17) is 0 Å². The summed E-state index contributed by atoms with van der Waals surface area (Å²) >= 11 is 1.45. The lowest BCUT2D eigenvalue weighted by molar-refractivity contribution is -0.116. The number of nitrogens with zero attached hydrogens (tertiary/aromatic N) is 4. The number of carbonyl (C=O) groups is 1. The van der Waals surface area contributed by atoms with Crippen molar-refractivity contribution >= 4 is 23.4 Å². The summed E-state index contributed by atoms with van der Waals surface area (Å²) in [4.78, 5) is 15.1. The van der Waals surface area contributed by atoms with Gasteiger partial charge in [0.15, 0.2) is 5.16 Å². The van der Waals surface area contributed by atoms with Crippen LogP contribution in [0.1, 0.15) is 28.9 Å². The second-order valence-corrected chi connectivity index (χ2v) is 9.24. The predicted octanol–water partition coefficient (Wildman–Crippen LogP) is 5.24. The fourth-order valence-corrected chi connectivity index (χ4v) is 5.08. The summed E-state index contributed by atoms with van der Waals surface area (Å²) in [5.41, 5.74) is 5.67. The molecule has 4 aromatic rings. The number of hydrogen-bond acceptors (Lipinski definition) is 4. The molecule has 0 spiro atoms. The number of benzene rings is 3. The first-order chi connectivity index (χ1) is 16.2. The standard InChI is InChI=1S/C27H26N4OS/c1-20-13-15-23(16-14-20)31-25(18-21-8-3-2-4-9-21)28-29-27(31)33-19-26(32)30-17-7-11-22-10-5-6-12-24(22)30/h2-6,8-10,12-16H,7,11,17-19H2,1H3. The lowest BCUT2D eigenvalue weighted by Gasteiger charge is -2.29. The fourth-order valence-electron chi connectivity index (χ4n) is 4.24. The maximum absolute atomic E-state index is 13.2. The van der Waals surface area contributed by atoms with E-state index in [0.717, 1.165) is 41.7 Å². The zero-order chi connectivity index (χ0) is 22.6. The van der Waals surface area contributed by atoms with Gasteiger partial charge < -0.3 is 4.90 Å².